The Morgan fingerprint density at radius 3 is 2.00 bits per heavy atom. The van der Waals surface area contributed by atoms with Crippen LogP contribution >= 0.6 is 0 Å². The van der Waals surface area contributed by atoms with Crippen molar-refractivity contribution in [3.8, 4) is 0 Å². The van der Waals surface area contributed by atoms with Crippen LogP contribution in [0.25, 0.3) is 0 Å². The van der Waals surface area contributed by atoms with Crippen molar-refractivity contribution in [2.24, 2.45) is 0 Å². The second-order valence-electron chi connectivity index (χ2n) is 3.61. The van der Waals surface area contributed by atoms with E-state index in [1.165, 1.54) is 6.92 Å². The molecule has 0 bridgehead atoms. The first-order chi connectivity index (χ1) is 7.81. The van der Waals surface area contributed by atoms with E-state index in [1.807, 2.05) is 0 Å². The number of carboxylic acid groups (broad SMARTS) is 1. The van der Waals surface area contributed by atoms with Crippen LogP contribution in [0.1, 0.15) is 6.92 Å². The SMILES string of the molecule is C[C@@H](OC[C@@H](O)[C@H](O)[C@H](O)[C@@H](O)CO)C(=O)O. The van der Waals surface area contributed by atoms with E-state index >= 15 is 0 Å². The lowest BCUT2D eigenvalue weighted by molar-refractivity contribution is -0.157. The smallest absolute Gasteiger partial charge is 0.332 e. The van der Waals surface area contributed by atoms with Crippen LogP contribution in [0, 0.1) is 0 Å². The first kappa shape index (κ1) is 16.2. The lowest BCUT2D eigenvalue weighted by Gasteiger charge is -2.25. The number of hydrogen-bond acceptors (Lipinski definition) is 7. The molecule has 0 aliphatic heterocycles. The van der Waals surface area contributed by atoms with Gasteiger partial charge in [-0.05, 0) is 6.92 Å². The first-order valence-electron chi connectivity index (χ1n) is 4.98. The highest BCUT2D eigenvalue weighted by Crippen LogP contribution is 2.06. The Hall–Kier alpha value is -0.770. The van der Waals surface area contributed by atoms with Gasteiger partial charge in [0.2, 0.25) is 0 Å². The van der Waals surface area contributed by atoms with Gasteiger partial charge in [-0.1, -0.05) is 0 Å². The molecule has 5 atom stereocenters. The Morgan fingerprint density at radius 2 is 1.59 bits per heavy atom. The Balaban J connectivity index is 4.13. The summed E-state index contributed by atoms with van der Waals surface area (Å²) in [5.74, 6) is -1.23. The number of rotatable bonds is 8. The molecule has 0 aliphatic rings. The van der Waals surface area contributed by atoms with Crippen molar-refractivity contribution in [1.29, 1.82) is 0 Å². The van der Waals surface area contributed by atoms with E-state index in [9.17, 15) is 20.1 Å². The molecule has 0 aromatic rings. The van der Waals surface area contributed by atoms with Gasteiger partial charge in [0.15, 0.2) is 6.10 Å². The third kappa shape index (κ3) is 5.39. The molecule has 0 heterocycles. The molecule has 0 aliphatic carbocycles. The maximum Gasteiger partial charge on any atom is 0.332 e. The Morgan fingerprint density at radius 1 is 1.12 bits per heavy atom. The van der Waals surface area contributed by atoms with Gasteiger partial charge >= 0.3 is 5.97 Å². The van der Waals surface area contributed by atoms with Crippen molar-refractivity contribution in [1.82, 2.24) is 0 Å². The molecule has 0 fully saturated rings. The van der Waals surface area contributed by atoms with Gasteiger partial charge in [-0.15, -0.1) is 0 Å². The largest absolute Gasteiger partial charge is 0.479 e. The number of aliphatic hydroxyl groups is 5. The van der Waals surface area contributed by atoms with Crippen LogP contribution in [0.3, 0.4) is 0 Å². The number of aliphatic hydroxyl groups excluding tert-OH is 5. The molecule has 0 amide bonds. The van der Waals surface area contributed by atoms with Crippen molar-refractivity contribution in [3.05, 3.63) is 0 Å². The van der Waals surface area contributed by atoms with Gasteiger partial charge in [-0.2, -0.15) is 0 Å². The quantitative estimate of drug-likeness (QED) is 0.267. The van der Waals surface area contributed by atoms with Gasteiger partial charge in [0.25, 0.3) is 0 Å². The van der Waals surface area contributed by atoms with E-state index in [1.54, 1.807) is 0 Å². The molecule has 8 heteroatoms. The highest BCUT2D eigenvalue weighted by Gasteiger charge is 2.30. The van der Waals surface area contributed by atoms with E-state index in [-0.39, 0.29) is 0 Å². The number of carbonyl (C=O) groups is 1. The first-order valence-corrected chi connectivity index (χ1v) is 4.98. The van der Waals surface area contributed by atoms with E-state index in [4.69, 9.17) is 15.3 Å². The van der Waals surface area contributed by atoms with Crippen molar-refractivity contribution in [2.45, 2.75) is 37.4 Å². The molecule has 0 rings (SSSR count). The Labute approximate surface area is 97.7 Å². The molecule has 8 nitrogen and oxygen atoms in total. The molecule has 0 spiro atoms. The number of carboxylic acids is 1. The summed E-state index contributed by atoms with van der Waals surface area (Å²) in [6, 6.07) is 0. The van der Waals surface area contributed by atoms with Crippen LogP contribution in [0.4, 0.5) is 0 Å². The molecule has 102 valence electrons. The lowest BCUT2D eigenvalue weighted by atomic mass is 10.0. The molecule has 0 unspecified atom stereocenters. The summed E-state index contributed by atoms with van der Waals surface area (Å²) in [4.78, 5) is 10.4. The average molecular weight is 254 g/mol. The second-order valence-corrected chi connectivity index (χ2v) is 3.61. The Bertz CT molecular complexity index is 233. The van der Waals surface area contributed by atoms with E-state index in [0.29, 0.717) is 0 Å². The molecule has 17 heavy (non-hydrogen) atoms. The molecule has 0 saturated heterocycles. The highest BCUT2D eigenvalue weighted by molar-refractivity contribution is 5.71. The maximum atomic E-state index is 10.4. The van der Waals surface area contributed by atoms with Gasteiger partial charge in [0.1, 0.15) is 24.4 Å². The van der Waals surface area contributed by atoms with Crippen LogP contribution in [0.15, 0.2) is 0 Å². The lowest BCUT2D eigenvalue weighted by Crippen LogP contribution is -2.47. The van der Waals surface area contributed by atoms with Gasteiger partial charge in [-0.3, -0.25) is 0 Å². The fourth-order valence-electron chi connectivity index (χ4n) is 0.976. The van der Waals surface area contributed by atoms with Gasteiger partial charge < -0.3 is 35.4 Å². The number of ether oxygens (including phenoxy) is 1. The molecular formula is C9H18O8. The maximum absolute atomic E-state index is 10.4. The van der Waals surface area contributed by atoms with Gasteiger partial charge in [0, 0.05) is 0 Å². The topological polar surface area (TPSA) is 148 Å². The van der Waals surface area contributed by atoms with Crippen LogP contribution in [0.2, 0.25) is 0 Å². The predicted molar refractivity (Wildman–Crippen MR) is 54.2 cm³/mol. The fourth-order valence-corrected chi connectivity index (χ4v) is 0.976. The summed E-state index contributed by atoms with van der Waals surface area (Å²) in [7, 11) is 0. The third-order valence-corrected chi connectivity index (χ3v) is 2.19. The molecule has 0 saturated carbocycles. The molecule has 0 radical (unpaired) electrons. The normalized spacial score (nSPS) is 20.4. The van der Waals surface area contributed by atoms with Crippen molar-refractivity contribution >= 4 is 5.97 Å². The van der Waals surface area contributed by atoms with Crippen LogP contribution < -0.4 is 0 Å². The van der Waals surface area contributed by atoms with E-state index in [2.05, 4.69) is 4.74 Å². The molecule has 0 aromatic heterocycles. The molecule has 6 N–H and O–H groups in total. The highest BCUT2D eigenvalue weighted by atomic mass is 16.5. The fraction of sp³-hybridized carbons (Fsp3) is 0.889. The van der Waals surface area contributed by atoms with Crippen LogP contribution in [-0.4, -0.2) is 80.3 Å². The summed E-state index contributed by atoms with van der Waals surface area (Å²) in [6.45, 7) is -0.0678. The summed E-state index contributed by atoms with van der Waals surface area (Å²) in [6.07, 6.45) is -7.85. The molecular weight excluding hydrogens is 236 g/mol. The van der Waals surface area contributed by atoms with Gasteiger partial charge in [-0.25, -0.2) is 4.79 Å². The average Bonchev–Trinajstić information content (AvgIpc) is 2.32. The number of hydrogen-bond donors (Lipinski definition) is 6. The predicted octanol–water partition coefficient (Wildman–Crippen LogP) is -3.09. The minimum atomic E-state index is -1.75. The summed E-state index contributed by atoms with van der Waals surface area (Å²) in [5, 5.41) is 53.9. The second kappa shape index (κ2) is 7.54. The summed E-state index contributed by atoms with van der Waals surface area (Å²) >= 11 is 0. The monoisotopic (exact) mass is 254 g/mol. The summed E-state index contributed by atoms with van der Waals surface area (Å²) in [5.41, 5.74) is 0. The zero-order chi connectivity index (χ0) is 13.6. The van der Waals surface area contributed by atoms with E-state index < -0.39 is 49.7 Å². The molecule has 0 aromatic carbocycles. The standard InChI is InChI=1S/C9H18O8/c1-4(9(15)16)17-3-6(12)8(14)7(13)5(11)2-10/h4-8,10-14H,2-3H2,1H3,(H,15,16)/t4-,5+,6-,7-,8+/m1/s1. The third-order valence-electron chi connectivity index (χ3n) is 2.19. The summed E-state index contributed by atoms with van der Waals surface area (Å²) < 4.78 is 4.69. The zero-order valence-electron chi connectivity index (χ0n) is 9.30. The van der Waals surface area contributed by atoms with Crippen molar-refractivity contribution in [2.75, 3.05) is 13.2 Å². The minimum absolute atomic E-state index is 0.524. The van der Waals surface area contributed by atoms with E-state index in [0.717, 1.165) is 0 Å². The van der Waals surface area contributed by atoms with Crippen molar-refractivity contribution < 1.29 is 40.2 Å². The van der Waals surface area contributed by atoms with Crippen LogP contribution in [-0.2, 0) is 9.53 Å². The van der Waals surface area contributed by atoms with Crippen molar-refractivity contribution in [3.63, 3.8) is 0 Å². The Kier molecular flexibility index (Phi) is 7.19. The van der Waals surface area contributed by atoms with Crippen LogP contribution in [0.5, 0.6) is 0 Å². The zero-order valence-corrected chi connectivity index (χ0v) is 9.30. The minimum Gasteiger partial charge on any atom is -0.479 e. The van der Waals surface area contributed by atoms with Gasteiger partial charge in [0.05, 0.1) is 13.2 Å². The number of aliphatic carboxylic acids is 1.